The predicted molar refractivity (Wildman–Crippen MR) is 187 cm³/mol. The molecule has 0 fully saturated rings. The molecule has 0 saturated heterocycles. The fourth-order valence-corrected chi connectivity index (χ4v) is 5.42. The number of nitrogens with one attached hydrogen (secondary N) is 2. The normalized spacial score (nSPS) is 12.6. The van der Waals surface area contributed by atoms with Crippen LogP contribution in [-0.4, -0.2) is 71.6 Å². The maximum atomic E-state index is 13.4. The number of amides is 3. The topological polar surface area (TPSA) is 163 Å². The predicted octanol–water partition coefficient (Wildman–Crippen LogP) is 6.30. The molecule has 1 aliphatic rings. The number of carboxylic acids is 1. The van der Waals surface area contributed by atoms with Crippen LogP contribution in [-0.2, 0) is 27.2 Å². The summed E-state index contributed by atoms with van der Waals surface area (Å²) >= 11 is 0. The van der Waals surface area contributed by atoms with Crippen LogP contribution >= 0.6 is 0 Å². The van der Waals surface area contributed by atoms with Gasteiger partial charge in [-0.1, -0.05) is 54.6 Å². The Balaban J connectivity index is 0.000000815. The highest BCUT2D eigenvalue weighted by atomic mass is 19.4. The molecule has 4 aromatic rings. The first-order valence-electron chi connectivity index (χ1n) is 16.3. The summed E-state index contributed by atoms with van der Waals surface area (Å²) < 4.78 is 42.9. The molecule has 0 radical (unpaired) electrons. The summed E-state index contributed by atoms with van der Waals surface area (Å²) in [6.07, 6.45) is -4.64. The summed E-state index contributed by atoms with van der Waals surface area (Å²) in [6.45, 7) is 0.0907. The van der Waals surface area contributed by atoms with Gasteiger partial charge in [0.2, 0.25) is 5.91 Å². The highest BCUT2D eigenvalue weighted by Gasteiger charge is 2.38. The number of para-hydroxylation sites is 1. The van der Waals surface area contributed by atoms with E-state index in [9.17, 15) is 32.3 Å². The van der Waals surface area contributed by atoms with Crippen molar-refractivity contribution in [2.75, 3.05) is 20.2 Å². The number of ketones is 1. The van der Waals surface area contributed by atoms with Crippen LogP contribution in [0.25, 0.3) is 0 Å². The van der Waals surface area contributed by atoms with Crippen molar-refractivity contribution >= 4 is 35.2 Å². The van der Waals surface area contributed by atoms with Gasteiger partial charge in [-0.15, -0.1) is 0 Å². The Labute approximate surface area is 302 Å². The molecule has 1 atom stereocenters. The van der Waals surface area contributed by atoms with Crippen molar-refractivity contribution < 1.29 is 51.7 Å². The largest absolute Gasteiger partial charge is 0.497 e. The number of Topliss-reactive ketones (excluding diaryl/α,β-unsaturated/α-hetero) is 1. The van der Waals surface area contributed by atoms with E-state index in [0.717, 1.165) is 16.0 Å². The molecule has 14 heteroatoms. The molecule has 0 aliphatic carbocycles. The lowest BCUT2D eigenvalue weighted by atomic mass is 9.91. The average Bonchev–Trinajstić information content (AvgIpc) is 3.36. The van der Waals surface area contributed by atoms with Crippen molar-refractivity contribution in [2.45, 2.75) is 31.9 Å². The van der Waals surface area contributed by atoms with Crippen molar-refractivity contribution in [2.24, 2.45) is 5.92 Å². The minimum absolute atomic E-state index is 0.0241. The number of rotatable bonds is 15. The van der Waals surface area contributed by atoms with E-state index in [-0.39, 0.29) is 61.6 Å². The van der Waals surface area contributed by atoms with Crippen LogP contribution in [0.15, 0.2) is 103 Å². The van der Waals surface area contributed by atoms with E-state index in [2.05, 4.69) is 5.32 Å². The van der Waals surface area contributed by atoms with Crippen molar-refractivity contribution in [3.8, 4) is 17.2 Å². The number of benzene rings is 4. The number of carbonyl (C=O) groups is 5. The maximum absolute atomic E-state index is 13.4. The number of hydrogen-bond donors (Lipinski definition) is 3. The zero-order chi connectivity index (χ0) is 38.5. The van der Waals surface area contributed by atoms with Crippen LogP contribution in [0.1, 0.15) is 44.7 Å². The quantitative estimate of drug-likeness (QED) is 0.0948. The average molecular weight is 732 g/mol. The Morgan fingerprint density at radius 3 is 1.98 bits per heavy atom. The standard InChI is InChI=1S/C37H35N3O6.C2HF3O2/c1-45-30-16-14-25(15-17-30)20-27(35(42)39-18-19-40-36(43)33-12-5-6-13-34(33)37(40)44)23-28(38)24-29(41)21-26-8-7-11-32(22-26)46-31-9-3-2-4-10-31;3-2(4,5)1(6)7/h2-17,22,27,38H,18-21,23-24H2,1H3,(H,39,42);(H,6,7)/t27-;/m1./s1. The summed E-state index contributed by atoms with van der Waals surface area (Å²) in [5.74, 6) is -2.65. The molecule has 0 spiro atoms. The van der Waals surface area contributed by atoms with Crippen molar-refractivity contribution in [3.05, 3.63) is 125 Å². The molecular formula is C39H36F3N3O8. The maximum Gasteiger partial charge on any atom is 0.490 e. The van der Waals surface area contributed by atoms with Gasteiger partial charge in [0.25, 0.3) is 11.8 Å². The SMILES string of the molecule is COc1ccc(C[C@H](CC(=N)CC(=O)Cc2cccc(Oc3ccccc3)c2)C(=O)NCCN2C(=O)c3ccccc3C2=O)cc1.O=C(O)C(F)(F)F. The molecule has 11 nitrogen and oxygen atoms in total. The Kier molecular flexibility index (Phi) is 13.6. The molecule has 0 bridgehead atoms. The minimum Gasteiger partial charge on any atom is -0.497 e. The van der Waals surface area contributed by atoms with E-state index in [1.165, 1.54) is 0 Å². The number of carboxylic acid groups (broad SMARTS) is 1. The Hall–Kier alpha value is -6.31. The number of nitrogens with zero attached hydrogens (tertiary/aromatic N) is 1. The van der Waals surface area contributed by atoms with Gasteiger partial charge >= 0.3 is 12.1 Å². The van der Waals surface area contributed by atoms with Crippen LogP contribution < -0.4 is 14.8 Å². The molecule has 1 heterocycles. The van der Waals surface area contributed by atoms with E-state index in [1.54, 1.807) is 43.5 Å². The van der Waals surface area contributed by atoms with Gasteiger partial charge in [0.15, 0.2) is 0 Å². The number of carbonyl (C=O) groups excluding carboxylic acids is 4. The lowest BCUT2D eigenvalue weighted by Gasteiger charge is -2.19. The van der Waals surface area contributed by atoms with E-state index < -0.39 is 18.1 Å². The van der Waals surface area contributed by atoms with Crippen LogP contribution in [0.5, 0.6) is 17.2 Å². The van der Waals surface area contributed by atoms with E-state index in [1.807, 2.05) is 66.7 Å². The van der Waals surface area contributed by atoms with Gasteiger partial charge < -0.3 is 25.3 Å². The Morgan fingerprint density at radius 2 is 1.40 bits per heavy atom. The molecule has 3 N–H and O–H groups in total. The second-order valence-corrected chi connectivity index (χ2v) is 11.9. The summed E-state index contributed by atoms with van der Waals surface area (Å²) in [5.41, 5.74) is 2.49. The molecule has 3 amide bonds. The van der Waals surface area contributed by atoms with Crippen molar-refractivity contribution in [1.82, 2.24) is 10.2 Å². The third kappa shape index (κ3) is 11.6. The second-order valence-electron chi connectivity index (χ2n) is 11.9. The molecule has 276 valence electrons. The van der Waals surface area contributed by atoms with Crippen LogP contribution in [0.2, 0.25) is 0 Å². The number of imide groups is 1. The van der Waals surface area contributed by atoms with E-state index in [4.69, 9.17) is 24.8 Å². The number of methoxy groups -OCH3 is 1. The third-order valence-corrected chi connectivity index (χ3v) is 7.95. The summed E-state index contributed by atoms with van der Waals surface area (Å²) in [4.78, 5) is 61.8. The number of alkyl halides is 3. The lowest BCUT2D eigenvalue weighted by Crippen LogP contribution is -2.40. The summed E-state index contributed by atoms with van der Waals surface area (Å²) in [7, 11) is 1.57. The van der Waals surface area contributed by atoms with Crippen LogP contribution in [0.3, 0.4) is 0 Å². The molecular weight excluding hydrogens is 695 g/mol. The zero-order valence-corrected chi connectivity index (χ0v) is 28.5. The molecule has 0 saturated carbocycles. The molecule has 5 rings (SSSR count). The number of fused-ring (bicyclic) bond motifs is 1. The number of ether oxygens (including phenoxy) is 2. The highest BCUT2D eigenvalue weighted by Crippen LogP contribution is 2.24. The van der Waals surface area contributed by atoms with E-state index >= 15 is 0 Å². The fraction of sp³-hybridized carbons (Fsp3) is 0.231. The first-order chi connectivity index (χ1) is 25.2. The smallest absolute Gasteiger partial charge is 0.490 e. The molecule has 0 aromatic heterocycles. The summed E-state index contributed by atoms with van der Waals surface area (Å²) in [5, 5.41) is 18.6. The first-order valence-corrected chi connectivity index (χ1v) is 16.3. The Bertz CT molecular complexity index is 1910. The van der Waals surface area contributed by atoms with Crippen molar-refractivity contribution in [1.29, 1.82) is 5.41 Å². The number of halogens is 3. The number of aliphatic carboxylic acids is 1. The second kappa shape index (κ2) is 18.3. The van der Waals surface area contributed by atoms with Crippen molar-refractivity contribution in [3.63, 3.8) is 0 Å². The first kappa shape index (κ1) is 39.5. The Morgan fingerprint density at radius 1 is 0.811 bits per heavy atom. The van der Waals surface area contributed by atoms with Gasteiger partial charge in [-0.25, -0.2) is 4.79 Å². The summed E-state index contributed by atoms with van der Waals surface area (Å²) in [6, 6.07) is 30.6. The fourth-order valence-electron chi connectivity index (χ4n) is 5.42. The van der Waals surface area contributed by atoms with Crippen LogP contribution in [0.4, 0.5) is 13.2 Å². The third-order valence-electron chi connectivity index (χ3n) is 7.95. The van der Waals surface area contributed by atoms with Crippen LogP contribution in [0, 0.1) is 11.3 Å². The number of hydrogen-bond acceptors (Lipinski definition) is 8. The minimum atomic E-state index is -5.08. The monoisotopic (exact) mass is 731 g/mol. The molecule has 1 aliphatic heterocycles. The van der Waals surface area contributed by atoms with Gasteiger partial charge in [0.1, 0.15) is 23.0 Å². The van der Waals surface area contributed by atoms with E-state index in [0.29, 0.717) is 34.8 Å². The molecule has 53 heavy (non-hydrogen) atoms. The lowest BCUT2D eigenvalue weighted by molar-refractivity contribution is -0.192. The van der Waals surface area contributed by atoms with Gasteiger partial charge in [-0.2, -0.15) is 13.2 Å². The van der Waals surface area contributed by atoms with Gasteiger partial charge in [-0.05, 0) is 72.5 Å². The molecule has 4 aromatic carbocycles. The highest BCUT2D eigenvalue weighted by molar-refractivity contribution is 6.21. The molecule has 0 unspecified atom stereocenters. The van der Waals surface area contributed by atoms with Gasteiger partial charge in [-0.3, -0.25) is 24.1 Å². The zero-order valence-electron chi connectivity index (χ0n) is 28.5. The van der Waals surface area contributed by atoms with Gasteiger partial charge in [0.05, 0.1) is 18.2 Å². The van der Waals surface area contributed by atoms with Gasteiger partial charge in [0, 0.05) is 37.6 Å².